The molecule has 0 aliphatic carbocycles. The Morgan fingerprint density at radius 1 is 0.966 bits per heavy atom. The molecule has 0 saturated carbocycles. The van der Waals surface area contributed by atoms with E-state index in [1.807, 2.05) is 67.6 Å². The topological polar surface area (TPSA) is 65.6 Å². The molecule has 1 atom stereocenters. The fourth-order valence-electron chi connectivity index (χ4n) is 3.66. The summed E-state index contributed by atoms with van der Waals surface area (Å²) in [6, 6.07) is 21.7. The Kier molecular flexibility index (Phi) is 4.17. The van der Waals surface area contributed by atoms with Gasteiger partial charge in [-0.15, -0.1) is 5.10 Å². The van der Waals surface area contributed by atoms with Crippen molar-refractivity contribution in [1.29, 1.82) is 0 Å². The number of aromatic nitrogens is 5. The highest BCUT2D eigenvalue weighted by atomic mass is 16.1. The molecule has 5 aromatic rings. The standard InChI is InChI=1S/C23H19N5O/c1-16(18-9-10-20-19(14-18)8-5-12-24-20)28-22-21(25-26-28)11-13-27(23(22)29)15-17-6-3-2-4-7-17/h2-14,16H,15H2,1H3/t16-/m1/s1. The van der Waals surface area contributed by atoms with Crippen molar-refractivity contribution in [1.82, 2.24) is 24.5 Å². The molecule has 3 heterocycles. The van der Waals surface area contributed by atoms with Crippen LogP contribution in [-0.2, 0) is 6.54 Å². The highest BCUT2D eigenvalue weighted by Crippen LogP contribution is 2.23. The quantitative estimate of drug-likeness (QED) is 0.475. The van der Waals surface area contributed by atoms with Gasteiger partial charge in [-0.05, 0) is 42.3 Å². The molecule has 0 spiro atoms. The van der Waals surface area contributed by atoms with E-state index in [4.69, 9.17) is 0 Å². The molecule has 0 saturated heterocycles. The zero-order valence-electron chi connectivity index (χ0n) is 15.9. The van der Waals surface area contributed by atoms with E-state index in [-0.39, 0.29) is 11.6 Å². The van der Waals surface area contributed by atoms with Gasteiger partial charge in [0.1, 0.15) is 5.52 Å². The smallest absolute Gasteiger partial charge is 0.278 e. The van der Waals surface area contributed by atoms with Gasteiger partial charge in [0.05, 0.1) is 18.1 Å². The van der Waals surface area contributed by atoms with Crippen LogP contribution in [0.25, 0.3) is 21.9 Å². The molecule has 6 nitrogen and oxygen atoms in total. The van der Waals surface area contributed by atoms with E-state index in [1.165, 1.54) is 0 Å². The molecule has 0 fully saturated rings. The molecule has 3 aromatic heterocycles. The van der Waals surface area contributed by atoms with Crippen LogP contribution in [0.2, 0.25) is 0 Å². The number of hydrogen-bond acceptors (Lipinski definition) is 4. The Bertz CT molecular complexity index is 1370. The third-order valence-corrected chi connectivity index (χ3v) is 5.27. The summed E-state index contributed by atoms with van der Waals surface area (Å²) in [4.78, 5) is 17.6. The molecule has 142 valence electrons. The van der Waals surface area contributed by atoms with Crippen molar-refractivity contribution < 1.29 is 0 Å². The first kappa shape index (κ1) is 17.3. The number of benzene rings is 2. The van der Waals surface area contributed by atoms with Gasteiger partial charge in [0.2, 0.25) is 0 Å². The van der Waals surface area contributed by atoms with Crippen molar-refractivity contribution in [3.63, 3.8) is 0 Å². The number of hydrogen-bond donors (Lipinski definition) is 0. The van der Waals surface area contributed by atoms with Gasteiger partial charge in [-0.1, -0.05) is 47.7 Å². The molecule has 5 rings (SSSR count). The maximum atomic E-state index is 13.2. The maximum absolute atomic E-state index is 13.2. The van der Waals surface area contributed by atoms with E-state index in [2.05, 4.69) is 21.4 Å². The summed E-state index contributed by atoms with van der Waals surface area (Å²) in [6.07, 6.45) is 3.56. The van der Waals surface area contributed by atoms with E-state index in [0.717, 1.165) is 22.0 Å². The first-order valence-corrected chi connectivity index (χ1v) is 9.54. The van der Waals surface area contributed by atoms with Gasteiger partial charge in [0, 0.05) is 17.8 Å². The predicted octanol–water partition coefficient (Wildman–Crippen LogP) is 3.80. The second-order valence-electron chi connectivity index (χ2n) is 7.13. The first-order chi connectivity index (χ1) is 14.2. The average molecular weight is 381 g/mol. The van der Waals surface area contributed by atoms with E-state index >= 15 is 0 Å². The van der Waals surface area contributed by atoms with Crippen LogP contribution in [-0.4, -0.2) is 24.5 Å². The number of pyridine rings is 2. The van der Waals surface area contributed by atoms with E-state index in [9.17, 15) is 4.79 Å². The lowest BCUT2D eigenvalue weighted by Crippen LogP contribution is -2.23. The minimum Gasteiger partial charge on any atom is -0.309 e. The van der Waals surface area contributed by atoms with Crippen LogP contribution in [0.5, 0.6) is 0 Å². The number of nitrogens with zero attached hydrogens (tertiary/aromatic N) is 5. The molecule has 0 aliphatic rings. The van der Waals surface area contributed by atoms with Crippen molar-refractivity contribution in [3.8, 4) is 0 Å². The lowest BCUT2D eigenvalue weighted by molar-refractivity contribution is 0.557. The van der Waals surface area contributed by atoms with Gasteiger partial charge in [-0.25, -0.2) is 4.68 Å². The summed E-state index contributed by atoms with van der Waals surface area (Å²) in [5.41, 5.74) is 4.09. The molecule has 0 N–H and O–H groups in total. The van der Waals surface area contributed by atoms with Crippen molar-refractivity contribution >= 4 is 21.9 Å². The molecular formula is C23H19N5O. The van der Waals surface area contributed by atoms with Crippen LogP contribution in [0.4, 0.5) is 0 Å². The Labute approximate surface area is 167 Å². The monoisotopic (exact) mass is 381 g/mol. The fourth-order valence-corrected chi connectivity index (χ4v) is 3.66. The summed E-state index contributed by atoms with van der Waals surface area (Å²) in [5, 5.41) is 9.58. The zero-order valence-corrected chi connectivity index (χ0v) is 15.9. The molecule has 6 heteroatoms. The van der Waals surface area contributed by atoms with Crippen molar-refractivity contribution in [2.45, 2.75) is 19.5 Å². The minimum absolute atomic E-state index is 0.0920. The van der Waals surface area contributed by atoms with E-state index < -0.39 is 0 Å². The fraction of sp³-hybridized carbons (Fsp3) is 0.130. The Balaban J connectivity index is 1.59. The van der Waals surface area contributed by atoms with Gasteiger partial charge < -0.3 is 4.57 Å². The highest BCUT2D eigenvalue weighted by molar-refractivity contribution is 5.79. The third-order valence-electron chi connectivity index (χ3n) is 5.27. The van der Waals surface area contributed by atoms with Crippen LogP contribution in [0.15, 0.2) is 83.9 Å². The maximum Gasteiger partial charge on any atom is 0.278 e. The Hall–Kier alpha value is -3.80. The lowest BCUT2D eigenvalue weighted by atomic mass is 10.1. The van der Waals surface area contributed by atoms with E-state index in [0.29, 0.717) is 17.6 Å². The van der Waals surface area contributed by atoms with Crippen molar-refractivity contribution in [2.24, 2.45) is 0 Å². The second kappa shape index (κ2) is 6.98. The Morgan fingerprint density at radius 3 is 2.69 bits per heavy atom. The molecule has 0 aliphatic heterocycles. The average Bonchev–Trinajstić information content (AvgIpc) is 3.20. The van der Waals surface area contributed by atoms with Crippen LogP contribution in [0.3, 0.4) is 0 Å². The van der Waals surface area contributed by atoms with Gasteiger partial charge in [-0.3, -0.25) is 9.78 Å². The normalized spacial score (nSPS) is 12.4. The molecule has 0 unspecified atom stereocenters. The summed E-state index contributed by atoms with van der Waals surface area (Å²) >= 11 is 0. The van der Waals surface area contributed by atoms with Gasteiger partial charge in [0.15, 0.2) is 5.52 Å². The largest absolute Gasteiger partial charge is 0.309 e. The second-order valence-corrected chi connectivity index (χ2v) is 7.13. The first-order valence-electron chi connectivity index (χ1n) is 9.54. The van der Waals surface area contributed by atoms with Crippen molar-refractivity contribution in [2.75, 3.05) is 0 Å². The summed E-state index contributed by atoms with van der Waals surface area (Å²) in [6.45, 7) is 2.54. The third kappa shape index (κ3) is 3.08. The number of fused-ring (bicyclic) bond motifs is 2. The highest BCUT2D eigenvalue weighted by Gasteiger charge is 2.17. The minimum atomic E-state index is -0.134. The van der Waals surface area contributed by atoms with E-state index in [1.54, 1.807) is 21.6 Å². The van der Waals surface area contributed by atoms with Gasteiger partial charge in [0.25, 0.3) is 5.56 Å². The predicted molar refractivity (Wildman–Crippen MR) is 113 cm³/mol. The van der Waals surface area contributed by atoms with Gasteiger partial charge in [-0.2, -0.15) is 0 Å². The molecule has 0 amide bonds. The summed E-state index contributed by atoms with van der Waals surface area (Å²) in [7, 11) is 0. The van der Waals surface area contributed by atoms with Gasteiger partial charge >= 0.3 is 0 Å². The van der Waals surface area contributed by atoms with Crippen LogP contribution < -0.4 is 5.56 Å². The Morgan fingerprint density at radius 2 is 1.83 bits per heavy atom. The zero-order chi connectivity index (χ0) is 19.8. The van der Waals surface area contributed by atoms with Crippen molar-refractivity contribution in [3.05, 3.63) is 101 Å². The SMILES string of the molecule is C[C@H](c1ccc2ncccc2c1)n1nnc2ccn(Cc3ccccc3)c(=O)c21. The molecule has 29 heavy (non-hydrogen) atoms. The molecule has 2 aromatic carbocycles. The van der Waals surface area contributed by atoms with Crippen LogP contribution in [0.1, 0.15) is 24.1 Å². The van der Waals surface area contributed by atoms with Crippen LogP contribution in [0, 0.1) is 0 Å². The number of rotatable bonds is 4. The molecular weight excluding hydrogens is 362 g/mol. The molecule has 0 bridgehead atoms. The summed E-state index contributed by atoms with van der Waals surface area (Å²) < 4.78 is 3.42. The molecule has 0 radical (unpaired) electrons. The van der Waals surface area contributed by atoms with Crippen LogP contribution >= 0.6 is 0 Å². The summed E-state index contributed by atoms with van der Waals surface area (Å²) in [5.74, 6) is 0. The lowest BCUT2D eigenvalue weighted by Gasteiger charge is -2.14.